The monoisotopic (exact) mass is 371 g/mol. The Balaban J connectivity index is 1.78. The van der Waals surface area contributed by atoms with Crippen molar-refractivity contribution < 1.29 is 4.79 Å². The van der Waals surface area contributed by atoms with Crippen LogP contribution in [0.1, 0.15) is 37.5 Å². The Hall–Kier alpha value is -3.72. The van der Waals surface area contributed by atoms with Crippen LogP contribution in [-0.2, 0) is 10.2 Å². The van der Waals surface area contributed by atoms with Crippen LogP contribution in [0.5, 0.6) is 0 Å². The van der Waals surface area contributed by atoms with Gasteiger partial charge in [-0.1, -0.05) is 51.1 Å². The lowest BCUT2D eigenvalue weighted by molar-refractivity contribution is -0.111. The van der Waals surface area contributed by atoms with E-state index in [0.29, 0.717) is 11.6 Å². The summed E-state index contributed by atoms with van der Waals surface area (Å²) in [7, 11) is 0. The average molecular weight is 371 g/mol. The highest BCUT2D eigenvalue weighted by molar-refractivity contribution is 6.02. The largest absolute Gasteiger partial charge is 0.306 e. The molecule has 0 spiro atoms. The van der Waals surface area contributed by atoms with Crippen molar-refractivity contribution in [3.8, 4) is 11.9 Å². The Labute approximate surface area is 164 Å². The van der Waals surface area contributed by atoms with Gasteiger partial charge in [-0.2, -0.15) is 15.0 Å². The first-order valence-electron chi connectivity index (χ1n) is 8.87. The molecule has 1 N–H and O–H groups in total. The van der Waals surface area contributed by atoms with Gasteiger partial charge in [-0.25, -0.2) is 4.98 Å². The molecule has 0 bridgehead atoms. The number of benzene rings is 1. The van der Waals surface area contributed by atoms with Crippen LogP contribution >= 0.6 is 0 Å². The van der Waals surface area contributed by atoms with Gasteiger partial charge in [0.2, 0.25) is 5.91 Å². The van der Waals surface area contributed by atoms with Crippen molar-refractivity contribution in [1.82, 2.24) is 14.8 Å². The highest BCUT2D eigenvalue weighted by Gasteiger charge is 2.15. The summed E-state index contributed by atoms with van der Waals surface area (Å²) in [6, 6.07) is 15.4. The number of hydrogen-bond donors (Lipinski definition) is 1. The molecule has 6 heteroatoms. The third kappa shape index (κ3) is 4.33. The summed E-state index contributed by atoms with van der Waals surface area (Å²) in [6.07, 6.45) is 6.19. The summed E-state index contributed by atoms with van der Waals surface area (Å²) in [5.41, 5.74) is 2.49. The van der Waals surface area contributed by atoms with Gasteiger partial charge >= 0.3 is 0 Å². The number of carbonyl (C=O) groups is 1. The van der Waals surface area contributed by atoms with Crippen molar-refractivity contribution in [1.29, 1.82) is 5.26 Å². The van der Waals surface area contributed by atoms with E-state index in [4.69, 9.17) is 0 Å². The quantitative estimate of drug-likeness (QED) is 0.700. The zero-order chi connectivity index (χ0) is 20.1. The maximum Gasteiger partial charge on any atom is 0.249 e. The van der Waals surface area contributed by atoms with Gasteiger partial charge in [0.15, 0.2) is 11.6 Å². The second kappa shape index (κ2) is 7.89. The molecule has 0 unspecified atom stereocenters. The second-order valence-electron chi connectivity index (χ2n) is 7.31. The van der Waals surface area contributed by atoms with Crippen molar-refractivity contribution in [3.63, 3.8) is 0 Å². The zero-order valence-electron chi connectivity index (χ0n) is 16.0. The molecule has 0 aliphatic heterocycles. The summed E-state index contributed by atoms with van der Waals surface area (Å²) in [6.45, 7) is 6.47. The number of carbonyl (C=O) groups excluding carboxylic acids is 1. The SMILES string of the molecule is CC(C)(C)c1ccc(/C=C/C(=O)Nc2c(C#N)cnn2-c2ccccn2)cc1. The summed E-state index contributed by atoms with van der Waals surface area (Å²) in [4.78, 5) is 16.6. The van der Waals surface area contributed by atoms with Crippen molar-refractivity contribution >= 4 is 17.8 Å². The maximum absolute atomic E-state index is 12.4. The molecule has 28 heavy (non-hydrogen) atoms. The van der Waals surface area contributed by atoms with Crippen molar-refractivity contribution in [3.05, 3.63) is 77.6 Å². The van der Waals surface area contributed by atoms with Crippen molar-refractivity contribution in [2.75, 3.05) is 5.32 Å². The molecule has 3 rings (SSSR count). The molecule has 2 aromatic heterocycles. The zero-order valence-corrected chi connectivity index (χ0v) is 16.0. The van der Waals surface area contributed by atoms with Gasteiger partial charge in [-0.15, -0.1) is 0 Å². The van der Waals surface area contributed by atoms with Gasteiger partial charge in [-0.3, -0.25) is 4.79 Å². The predicted octanol–water partition coefficient (Wildman–Crippen LogP) is 4.09. The second-order valence-corrected chi connectivity index (χ2v) is 7.31. The lowest BCUT2D eigenvalue weighted by Gasteiger charge is -2.18. The van der Waals surface area contributed by atoms with Crippen molar-refractivity contribution in [2.45, 2.75) is 26.2 Å². The lowest BCUT2D eigenvalue weighted by atomic mass is 9.87. The molecular weight excluding hydrogens is 350 g/mol. The van der Waals surface area contributed by atoms with E-state index < -0.39 is 0 Å². The normalized spacial score (nSPS) is 11.4. The van der Waals surface area contributed by atoms with E-state index >= 15 is 0 Å². The Kier molecular flexibility index (Phi) is 5.37. The van der Waals surface area contributed by atoms with Crippen LogP contribution < -0.4 is 5.32 Å². The van der Waals surface area contributed by atoms with E-state index in [9.17, 15) is 10.1 Å². The minimum atomic E-state index is -0.353. The smallest absolute Gasteiger partial charge is 0.249 e. The fourth-order valence-corrected chi connectivity index (χ4v) is 2.63. The van der Waals surface area contributed by atoms with Crippen LogP contribution in [0.25, 0.3) is 11.9 Å². The Morgan fingerprint density at radius 1 is 1.18 bits per heavy atom. The molecule has 0 atom stereocenters. The highest BCUT2D eigenvalue weighted by Crippen LogP contribution is 2.22. The minimum Gasteiger partial charge on any atom is -0.306 e. The minimum absolute atomic E-state index is 0.0806. The standard InChI is InChI=1S/C22H21N5O/c1-22(2,3)18-10-7-16(8-11-18)9-12-20(28)26-21-17(14-23)15-25-27(21)19-6-4-5-13-24-19/h4-13,15H,1-3H3,(H,26,28)/b12-9+. The predicted molar refractivity (Wildman–Crippen MR) is 109 cm³/mol. The number of rotatable bonds is 4. The van der Waals surface area contributed by atoms with Gasteiger partial charge in [-0.05, 0) is 34.8 Å². The van der Waals surface area contributed by atoms with Crippen LogP contribution in [0.2, 0.25) is 0 Å². The van der Waals surface area contributed by atoms with E-state index in [-0.39, 0.29) is 16.9 Å². The van der Waals surface area contributed by atoms with E-state index in [0.717, 1.165) is 5.56 Å². The van der Waals surface area contributed by atoms with E-state index in [2.05, 4.69) is 48.3 Å². The molecule has 2 heterocycles. The van der Waals surface area contributed by atoms with Gasteiger partial charge < -0.3 is 5.32 Å². The van der Waals surface area contributed by atoms with Gasteiger partial charge in [0.05, 0.1) is 6.20 Å². The first-order chi connectivity index (χ1) is 13.4. The molecule has 6 nitrogen and oxygen atoms in total. The molecule has 3 aromatic rings. The van der Waals surface area contributed by atoms with Crippen LogP contribution in [0.15, 0.2) is 60.9 Å². The third-order valence-corrected chi connectivity index (χ3v) is 4.20. The number of anilines is 1. The number of nitriles is 1. The molecule has 1 aromatic carbocycles. The fourth-order valence-electron chi connectivity index (χ4n) is 2.63. The van der Waals surface area contributed by atoms with Gasteiger partial charge in [0.25, 0.3) is 0 Å². The fraction of sp³-hybridized carbons (Fsp3) is 0.182. The summed E-state index contributed by atoms with van der Waals surface area (Å²) < 4.78 is 1.43. The molecule has 0 saturated carbocycles. The van der Waals surface area contributed by atoms with Crippen LogP contribution in [0, 0.1) is 11.3 Å². The summed E-state index contributed by atoms with van der Waals surface area (Å²) in [5.74, 6) is 0.453. The number of pyridine rings is 1. The van der Waals surface area contributed by atoms with Gasteiger partial charge in [0, 0.05) is 12.3 Å². The van der Waals surface area contributed by atoms with E-state index in [1.807, 2.05) is 24.3 Å². The topological polar surface area (TPSA) is 83.6 Å². The lowest BCUT2D eigenvalue weighted by Crippen LogP contribution is -2.14. The molecular formula is C22H21N5O. The van der Waals surface area contributed by atoms with E-state index in [1.165, 1.54) is 22.5 Å². The first kappa shape index (κ1) is 19.1. The molecule has 0 aliphatic carbocycles. The third-order valence-electron chi connectivity index (χ3n) is 4.20. The molecule has 140 valence electrons. The molecule has 0 fully saturated rings. The van der Waals surface area contributed by atoms with Gasteiger partial charge in [0.1, 0.15) is 11.6 Å². The van der Waals surface area contributed by atoms with Crippen molar-refractivity contribution in [2.24, 2.45) is 0 Å². The number of amides is 1. The number of nitrogens with one attached hydrogen (secondary N) is 1. The summed E-state index contributed by atoms with van der Waals surface area (Å²) >= 11 is 0. The maximum atomic E-state index is 12.4. The summed E-state index contributed by atoms with van der Waals surface area (Å²) in [5, 5.41) is 16.2. The Morgan fingerprint density at radius 2 is 1.93 bits per heavy atom. The molecule has 0 aliphatic rings. The molecule has 1 amide bonds. The first-order valence-corrected chi connectivity index (χ1v) is 8.87. The van der Waals surface area contributed by atoms with Crippen LogP contribution in [0.3, 0.4) is 0 Å². The number of nitrogens with zero attached hydrogens (tertiary/aromatic N) is 4. The van der Waals surface area contributed by atoms with E-state index in [1.54, 1.807) is 24.4 Å². The number of hydrogen-bond acceptors (Lipinski definition) is 4. The average Bonchev–Trinajstić information content (AvgIpc) is 3.09. The molecule has 0 saturated heterocycles. The van der Waals surface area contributed by atoms with Crippen LogP contribution in [-0.4, -0.2) is 20.7 Å². The Bertz CT molecular complexity index is 1040. The van der Waals surface area contributed by atoms with Crippen LogP contribution in [0.4, 0.5) is 5.82 Å². The molecule has 0 radical (unpaired) electrons. The number of aromatic nitrogens is 3. The Morgan fingerprint density at radius 3 is 2.54 bits per heavy atom. The highest BCUT2D eigenvalue weighted by atomic mass is 16.1.